The van der Waals surface area contributed by atoms with Crippen LogP contribution in [0, 0.1) is 111 Å². The van der Waals surface area contributed by atoms with Gasteiger partial charge in [0.2, 0.25) is 0 Å². The lowest BCUT2D eigenvalue weighted by atomic mass is 9.80. The molecule has 0 spiro atoms. The van der Waals surface area contributed by atoms with Crippen molar-refractivity contribution >= 4 is 97.3 Å². The van der Waals surface area contributed by atoms with Crippen LogP contribution in [-0.4, -0.2) is 55.1 Å². The molecule has 0 amide bonds. The molecule has 0 N–H and O–H groups in total. The van der Waals surface area contributed by atoms with Crippen molar-refractivity contribution in [1.82, 2.24) is 4.57 Å². The largest absolute Gasteiger partial charge is 0.313 e. The van der Waals surface area contributed by atoms with Crippen LogP contribution in [0.5, 0.6) is 0 Å². The number of amidine groups is 2. The fourth-order valence-electron chi connectivity index (χ4n) is 11.7. The van der Waals surface area contributed by atoms with Crippen LogP contribution in [0.25, 0.3) is 53.9 Å². The smallest absolute Gasteiger partial charge is 0.270 e. The number of rotatable bonds is 2. The number of fused-ring (bicyclic) bond motifs is 6. The number of aryl methyl sites for hydroxylation is 12. The monoisotopic (exact) mass is 812 g/mol. The van der Waals surface area contributed by atoms with Crippen molar-refractivity contribution in [3.63, 3.8) is 0 Å². The van der Waals surface area contributed by atoms with E-state index in [1.807, 2.05) is 25.7 Å². The molecule has 0 aliphatic carbocycles. The molecular formula is C55H67N6+. The highest BCUT2D eigenvalue weighted by Crippen LogP contribution is 2.49. The number of benzene rings is 6. The highest BCUT2D eigenvalue weighted by molar-refractivity contribution is 6.23. The van der Waals surface area contributed by atoms with E-state index < -0.39 is 0 Å². The van der Waals surface area contributed by atoms with E-state index in [2.05, 4.69) is 155 Å². The van der Waals surface area contributed by atoms with Crippen LogP contribution >= 0.6 is 0 Å². The summed E-state index contributed by atoms with van der Waals surface area (Å²) in [5.41, 5.74) is 24.0. The first kappa shape index (κ1) is 44.8. The normalized spacial score (nSPS) is 13.2. The molecule has 6 aromatic carbocycles. The van der Waals surface area contributed by atoms with E-state index in [4.69, 9.17) is 0 Å². The van der Waals surface area contributed by atoms with Crippen molar-refractivity contribution in [2.75, 3.05) is 14.1 Å². The molecule has 6 heteroatoms. The maximum absolute atomic E-state index is 4.62. The Bertz CT molecular complexity index is 3160. The number of hydrogen-bond acceptors (Lipinski definition) is 4. The Balaban J connectivity index is 0.000000201. The third-order valence-electron chi connectivity index (χ3n) is 15.2. The highest BCUT2D eigenvalue weighted by atomic mass is 15.1. The zero-order chi connectivity index (χ0) is 44.5. The summed E-state index contributed by atoms with van der Waals surface area (Å²) in [5, 5.41) is 13.3. The molecule has 0 radical (unpaired) electrons. The minimum atomic E-state index is 0. The quantitative estimate of drug-likeness (QED) is 0.0949. The summed E-state index contributed by atoms with van der Waals surface area (Å²) in [7, 11) is 5.89. The van der Waals surface area contributed by atoms with E-state index in [9.17, 15) is 0 Å². The van der Waals surface area contributed by atoms with Crippen LogP contribution in [0.15, 0.2) is 20.0 Å². The summed E-state index contributed by atoms with van der Waals surface area (Å²) in [6.07, 6.45) is 0. The van der Waals surface area contributed by atoms with Gasteiger partial charge in [0.1, 0.15) is 11.6 Å². The molecule has 0 saturated carbocycles. The van der Waals surface area contributed by atoms with Crippen molar-refractivity contribution in [1.29, 1.82) is 0 Å². The summed E-state index contributed by atoms with van der Waals surface area (Å²) >= 11 is 0. The Morgan fingerprint density at radius 3 is 0.902 bits per heavy atom. The summed E-state index contributed by atoms with van der Waals surface area (Å²) in [6, 6.07) is 0. The average Bonchev–Trinajstić information content (AvgIpc) is 3.69. The van der Waals surface area contributed by atoms with E-state index in [1.54, 1.807) is 0 Å². The first-order valence-electron chi connectivity index (χ1n) is 21.1. The third-order valence-corrected chi connectivity index (χ3v) is 15.2. The molecule has 0 fully saturated rings. The lowest BCUT2D eigenvalue weighted by Crippen LogP contribution is -2.16. The molecule has 61 heavy (non-hydrogen) atoms. The number of hydrogen-bond donors (Lipinski definition) is 0. The Hall–Kier alpha value is -5.75. The summed E-state index contributed by atoms with van der Waals surface area (Å²) in [4.78, 5) is 17.8. The second-order valence-corrected chi connectivity index (χ2v) is 17.6. The van der Waals surface area contributed by atoms with Gasteiger partial charge in [-0.2, -0.15) is 0 Å². The Morgan fingerprint density at radius 1 is 0.361 bits per heavy atom. The predicted octanol–water partition coefficient (Wildman–Crippen LogP) is 14.2. The second-order valence-electron chi connectivity index (χ2n) is 17.6. The van der Waals surface area contributed by atoms with Gasteiger partial charge in [0.05, 0.1) is 31.9 Å². The van der Waals surface area contributed by atoms with Crippen LogP contribution < -0.4 is 0 Å². The molecule has 0 atom stereocenters. The van der Waals surface area contributed by atoms with Crippen molar-refractivity contribution in [3.8, 4) is 0 Å². The average molecular weight is 812 g/mol. The van der Waals surface area contributed by atoms with Crippen LogP contribution in [0.4, 0.5) is 11.6 Å². The molecule has 1 aliphatic rings. The van der Waals surface area contributed by atoms with E-state index in [0.717, 1.165) is 34.1 Å². The second kappa shape index (κ2) is 15.3. The zero-order valence-corrected chi connectivity index (χ0v) is 39.8. The van der Waals surface area contributed by atoms with E-state index >= 15 is 0 Å². The maximum atomic E-state index is 4.62. The molecular weight excluding hydrogens is 745 g/mol. The van der Waals surface area contributed by atoms with Gasteiger partial charge in [0.25, 0.3) is 11.7 Å². The van der Waals surface area contributed by atoms with Gasteiger partial charge < -0.3 is 4.57 Å². The number of nitrogens with zero attached hydrogens (tertiary/aromatic N) is 6. The molecule has 7 aromatic rings. The zero-order valence-electron chi connectivity index (χ0n) is 39.8. The van der Waals surface area contributed by atoms with Crippen molar-refractivity contribution in [2.45, 2.75) is 118 Å². The SMILES string of the molecule is C.C=NC1=[N+](C)C(=NC)c2c1c(C)c1c(C)c3c(C)c(C)c(C)c(C)c3c(C)c1c2C.C=Nc1c2c(C)c3c(C)c4c(C)c(C)c(C)c(C)c4c(C)c3c(C)c2c(N=C)n1C. The minimum Gasteiger partial charge on any atom is -0.313 e. The van der Waals surface area contributed by atoms with Crippen LogP contribution in [0.3, 0.4) is 0 Å². The lowest BCUT2D eigenvalue weighted by Gasteiger charge is -2.23. The molecule has 2 heterocycles. The van der Waals surface area contributed by atoms with Gasteiger partial charge in [0, 0.05) is 17.8 Å². The minimum absolute atomic E-state index is 0. The van der Waals surface area contributed by atoms with Gasteiger partial charge in [-0.05, 0) is 256 Å². The lowest BCUT2D eigenvalue weighted by molar-refractivity contribution is -0.367. The van der Waals surface area contributed by atoms with Gasteiger partial charge in [0.15, 0.2) is 0 Å². The summed E-state index contributed by atoms with van der Waals surface area (Å²) < 4.78 is 4.09. The highest BCUT2D eigenvalue weighted by Gasteiger charge is 2.36. The summed E-state index contributed by atoms with van der Waals surface area (Å²) in [6.45, 7) is 47.7. The van der Waals surface area contributed by atoms with Crippen LogP contribution in [0.1, 0.15) is 108 Å². The van der Waals surface area contributed by atoms with Crippen molar-refractivity contribution in [2.24, 2.45) is 27.0 Å². The molecule has 1 aliphatic heterocycles. The molecule has 1 aromatic heterocycles. The van der Waals surface area contributed by atoms with E-state index in [1.165, 1.54) is 143 Å². The number of aromatic nitrogens is 1. The van der Waals surface area contributed by atoms with E-state index in [0.29, 0.717) is 0 Å². The molecule has 0 bridgehead atoms. The van der Waals surface area contributed by atoms with Crippen LogP contribution in [0.2, 0.25) is 0 Å². The van der Waals surface area contributed by atoms with Gasteiger partial charge >= 0.3 is 0 Å². The molecule has 6 nitrogen and oxygen atoms in total. The third kappa shape index (κ3) is 5.63. The van der Waals surface area contributed by atoms with Gasteiger partial charge in [-0.25, -0.2) is 14.6 Å². The van der Waals surface area contributed by atoms with E-state index in [-0.39, 0.29) is 7.43 Å². The molecule has 0 unspecified atom stereocenters. The van der Waals surface area contributed by atoms with Crippen molar-refractivity contribution in [3.05, 3.63) is 100 Å². The Morgan fingerprint density at radius 2 is 0.623 bits per heavy atom. The molecule has 316 valence electrons. The fraction of sp³-hybridized carbons (Fsp3) is 0.364. The standard InChI is InChI=1S/C27H32N3.C27H31N3.CH4/c2*1-12-13(2)15(4)21-17(6)23-19(8)25-24(26(28-9)30(11)27(25)29-10)18(7)22(23)16(5)20(21)14(12)3;/h9H2,1-8,10-11H3;9-10H2,1-8,11H3;1H4/q+1;;. The van der Waals surface area contributed by atoms with Gasteiger partial charge in [-0.3, -0.25) is 0 Å². The molecule has 0 saturated heterocycles. The first-order chi connectivity index (χ1) is 28.2. The topological polar surface area (TPSA) is 57.4 Å². The van der Waals surface area contributed by atoms with Gasteiger partial charge in [-0.15, -0.1) is 9.98 Å². The Labute approximate surface area is 364 Å². The maximum Gasteiger partial charge on any atom is 0.270 e. The fourth-order valence-corrected chi connectivity index (χ4v) is 11.7. The predicted molar refractivity (Wildman–Crippen MR) is 273 cm³/mol. The summed E-state index contributed by atoms with van der Waals surface area (Å²) in [5.74, 6) is 3.60. The Kier molecular flexibility index (Phi) is 11.2. The first-order valence-corrected chi connectivity index (χ1v) is 21.1. The number of aliphatic imine (C=N–C) groups is 4. The van der Waals surface area contributed by atoms with Crippen LogP contribution in [-0.2, 0) is 7.05 Å². The van der Waals surface area contributed by atoms with Gasteiger partial charge in [-0.1, -0.05) is 7.43 Å². The molecule has 8 rings (SSSR count). The van der Waals surface area contributed by atoms with Crippen molar-refractivity contribution < 1.29 is 4.58 Å².